The number of benzene rings is 2. The minimum Gasteiger partial charge on any atom is -0.497 e. The molecule has 0 saturated carbocycles. The van der Waals surface area contributed by atoms with Crippen LogP contribution in [0, 0.1) is 11.6 Å². The number of hydrogen-bond donors (Lipinski definition) is 1. The fourth-order valence-corrected chi connectivity index (χ4v) is 7.23. The maximum absolute atomic E-state index is 14.3. The van der Waals surface area contributed by atoms with E-state index < -0.39 is 33.6 Å². The third kappa shape index (κ3) is 5.85. The van der Waals surface area contributed by atoms with E-state index in [0.717, 1.165) is 10.6 Å². The molecule has 4 rings (SSSR count). The second-order valence-corrected chi connectivity index (χ2v) is 12.0. The third-order valence-corrected chi connectivity index (χ3v) is 9.02. The summed E-state index contributed by atoms with van der Waals surface area (Å²) in [5, 5.41) is 2.87. The molecule has 2 fully saturated rings. The Bertz CT molecular complexity index is 1090. The van der Waals surface area contributed by atoms with E-state index in [-0.39, 0.29) is 34.8 Å². The average Bonchev–Trinajstić information content (AvgIpc) is 3.33. The van der Waals surface area contributed by atoms with Gasteiger partial charge in [-0.1, -0.05) is 6.07 Å². The van der Waals surface area contributed by atoms with Gasteiger partial charge < -0.3 is 10.1 Å². The van der Waals surface area contributed by atoms with E-state index in [4.69, 9.17) is 4.74 Å². The molecule has 2 aromatic rings. The number of nitrogens with zero attached hydrogens (tertiary/aromatic N) is 1. The Kier molecular flexibility index (Phi) is 7.25. The summed E-state index contributed by atoms with van der Waals surface area (Å²) in [6, 6.07) is 10.3. The van der Waals surface area contributed by atoms with Crippen molar-refractivity contribution in [2.24, 2.45) is 0 Å². The number of sulfone groups is 1. The summed E-state index contributed by atoms with van der Waals surface area (Å²) in [5.74, 6) is -0.873. The van der Waals surface area contributed by atoms with Crippen molar-refractivity contribution >= 4 is 27.5 Å². The van der Waals surface area contributed by atoms with E-state index in [1.807, 2.05) is 24.3 Å². The molecule has 0 unspecified atom stereocenters. The summed E-state index contributed by atoms with van der Waals surface area (Å²) < 4.78 is 57.3. The standard InChI is InChI=1S/C23H26F2N2O4S2/c1-31-16-5-7-17(8-6-16)32-18-11-22(23(28)26-15-9-10-33(29,30)14-15)27(12-18)13-19-20(24)3-2-4-21(19)25/h2-8,15,18,22H,9-14H2,1H3,(H,26,28)/t15-,18-,22+/m1/s1. The number of methoxy groups -OCH3 is 1. The second kappa shape index (κ2) is 9.99. The SMILES string of the molecule is COc1ccc(S[C@@H]2C[C@@H](C(=O)N[C@@H]3CCS(=O)(=O)C3)N(Cc3c(F)cccc3F)C2)cc1. The normalized spacial score (nSPS) is 24.6. The van der Waals surface area contributed by atoms with Gasteiger partial charge in [0.1, 0.15) is 17.4 Å². The number of thioether (sulfide) groups is 1. The molecule has 2 aliphatic heterocycles. The van der Waals surface area contributed by atoms with E-state index in [9.17, 15) is 22.0 Å². The molecule has 0 spiro atoms. The molecular formula is C23H26F2N2O4S2. The highest BCUT2D eigenvalue weighted by Gasteiger charge is 2.39. The number of halogens is 2. The van der Waals surface area contributed by atoms with Crippen molar-refractivity contribution in [2.75, 3.05) is 25.2 Å². The summed E-state index contributed by atoms with van der Waals surface area (Å²) in [5.41, 5.74) is -0.0751. The van der Waals surface area contributed by atoms with E-state index in [1.165, 1.54) is 18.2 Å². The third-order valence-electron chi connectivity index (χ3n) is 6.03. The molecule has 1 amide bonds. The molecule has 1 N–H and O–H groups in total. The molecule has 2 heterocycles. The Morgan fingerprint density at radius 2 is 1.88 bits per heavy atom. The van der Waals surface area contributed by atoms with Gasteiger partial charge in [0.25, 0.3) is 0 Å². The lowest BCUT2D eigenvalue weighted by atomic mass is 10.1. The molecule has 0 bridgehead atoms. The minimum atomic E-state index is -3.14. The van der Waals surface area contributed by atoms with Crippen LogP contribution in [0.5, 0.6) is 5.75 Å². The Morgan fingerprint density at radius 1 is 1.18 bits per heavy atom. The fraction of sp³-hybridized carbons (Fsp3) is 0.435. The van der Waals surface area contributed by atoms with Crippen LogP contribution in [0.1, 0.15) is 18.4 Å². The van der Waals surface area contributed by atoms with Crippen molar-refractivity contribution < 1.29 is 26.7 Å². The first-order chi connectivity index (χ1) is 15.7. The second-order valence-electron chi connectivity index (χ2n) is 8.41. The van der Waals surface area contributed by atoms with Crippen molar-refractivity contribution in [1.29, 1.82) is 0 Å². The first kappa shape index (κ1) is 24.0. The van der Waals surface area contributed by atoms with E-state index in [1.54, 1.807) is 23.8 Å². The lowest BCUT2D eigenvalue weighted by Crippen LogP contribution is -2.47. The van der Waals surface area contributed by atoms with Gasteiger partial charge in [-0.25, -0.2) is 17.2 Å². The monoisotopic (exact) mass is 496 g/mol. The van der Waals surface area contributed by atoms with Gasteiger partial charge in [0.05, 0.1) is 24.7 Å². The van der Waals surface area contributed by atoms with Crippen LogP contribution < -0.4 is 10.1 Å². The predicted molar refractivity (Wildman–Crippen MR) is 123 cm³/mol. The highest BCUT2D eigenvalue weighted by molar-refractivity contribution is 8.00. The Morgan fingerprint density at radius 3 is 2.48 bits per heavy atom. The van der Waals surface area contributed by atoms with Crippen molar-refractivity contribution in [2.45, 2.75) is 41.6 Å². The van der Waals surface area contributed by atoms with Gasteiger partial charge in [-0.3, -0.25) is 9.69 Å². The first-order valence-corrected chi connectivity index (χ1v) is 13.4. The lowest BCUT2D eigenvalue weighted by Gasteiger charge is -2.25. The van der Waals surface area contributed by atoms with Crippen LogP contribution in [0.4, 0.5) is 8.78 Å². The van der Waals surface area contributed by atoms with Crippen LogP contribution in [0.15, 0.2) is 47.4 Å². The molecule has 0 radical (unpaired) electrons. The number of carbonyl (C=O) groups is 1. The van der Waals surface area contributed by atoms with Crippen LogP contribution in [0.2, 0.25) is 0 Å². The van der Waals surface area contributed by atoms with Gasteiger partial charge in [0.2, 0.25) is 5.91 Å². The molecular weight excluding hydrogens is 470 g/mol. The molecule has 6 nitrogen and oxygen atoms in total. The molecule has 2 aliphatic rings. The molecule has 0 aliphatic carbocycles. The number of amides is 1. The van der Waals surface area contributed by atoms with Gasteiger partial charge in [-0.05, 0) is 49.2 Å². The van der Waals surface area contributed by atoms with Gasteiger partial charge >= 0.3 is 0 Å². The highest BCUT2D eigenvalue weighted by atomic mass is 32.2. The Hall–Kier alpha value is -2.17. The van der Waals surface area contributed by atoms with Gasteiger partial charge in [0, 0.05) is 34.8 Å². The lowest BCUT2D eigenvalue weighted by molar-refractivity contribution is -0.126. The number of ether oxygens (including phenoxy) is 1. The molecule has 2 saturated heterocycles. The Labute approximate surface area is 196 Å². The topological polar surface area (TPSA) is 75.7 Å². The minimum absolute atomic E-state index is 0.0243. The molecule has 178 valence electrons. The van der Waals surface area contributed by atoms with E-state index in [0.29, 0.717) is 19.4 Å². The van der Waals surface area contributed by atoms with Gasteiger partial charge in [-0.15, -0.1) is 11.8 Å². The number of nitrogens with one attached hydrogen (secondary N) is 1. The molecule has 2 aromatic carbocycles. The van der Waals surface area contributed by atoms with E-state index >= 15 is 0 Å². The Balaban J connectivity index is 1.50. The number of likely N-dealkylation sites (tertiary alicyclic amines) is 1. The zero-order valence-electron chi connectivity index (χ0n) is 18.2. The maximum Gasteiger partial charge on any atom is 0.237 e. The summed E-state index contributed by atoms with van der Waals surface area (Å²) >= 11 is 1.60. The number of hydrogen-bond acceptors (Lipinski definition) is 6. The largest absolute Gasteiger partial charge is 0.497 e. The smallest absolute Gasteiger partial charge is 0.237 e. The molecule has 0 aromatic heterocycles. The van der Waals surface area contributed by atoms with E-state index in [2.05, 4.69) is 5.32 Å². The average molecular weight is 497 g/mol. The summed E-state index contributed by atoms with van der Waals surface area (Å²) in [6.07, 6.45) is 0.866. The van der Waals surface area contributed by atoms with Crippen LogP contribution in [-0.2, 0) is 21.2 Å². The first-order valence-electron chi connectivity index (χ1n) is 10.7. The maximum atomic E-state index is 14.3. The number of carbonyl (C=O) groups excluding carboxylic acids is 1. The number of rotatable bonds is 7. The highest BCUT2D eigenvalue weighted by Crippen LogP contribution is 2.35. The van der Waals surface area contributed by atoms with Gasteiger partial charge in [0.15, 0.2) is 9.84 Å². The summed E-state index contributed by atoms with van der Waals surface area (Å²) in [6.45, 7) is 0.421. The van der Waals surface area contributed by atoms with Crippen LogP contribution >= 0.6 is 11.8 Å². The molecule has 33 heavy (non-hydrogen) atoms. The van der Waals surface area contributed by atoms with Crippen molar-refractivity contribution in [3.05, 3.63) is 59.7 Å². The molecule has 10 heteroatoms. The quantitative estimate of drug-likeness (QED) is 0.635. The van der Waals surface area contributed by atoms with Crippen LogP contribution in [0.25, 0.3) is 0 Å². The van der Waals surface area contributed by atoms with Crippen molar-refractivity contribution in [3.8, 4) is 5.75 Å². The van der Waals surface area contributed by atoms with Crippen molar-refractivity contribution in [1.82, 2.24) is 10.2 Å². The summed E-state index contributed by atoms with van der Waals surface area (Å²) in [7, 11) is -1.54. The predicted octanol–water partition coefficient (Wildman–Crippen LogP) is 3.01. The van der Waals surface area contributed by atoms with Gasteiger partial charge in [-0.2, -0.15) is 0 Å². The summed E-state index contributed by atoms with van der Waals surface area (Å²) in [4.78, 5) is 15.9. The zero-order chi connectivity index (χ0) is 23.6. The van der Waals surface area contributed by atoms with Crippen LogP contribution in [-0.4, -0.2) is 61.7 Å². The van der Waals surface area contributed by atoms with Crippen LogP contribution in [0.3, 0.4) is 0 Å². The fourth-order valence-electron chi connectivity index (χ4n) is 4.33. The van der Waals surface area contributed by atoms with Crippen molar-refractivity contribution in [3.63, 3.8) is 0 Å². The zero-order valence-corrected chi connectivity index (χ0v) is 19.8. The molecule has 3 atom stereocenters.